The predicted molar refractivity (Wildman–Crippen MR) is 121 cm³/mol. The standard InChI is InChI=1S/C23H29N3O2S/c1-26(2)19(14-18-16-29-22-7-5-4-6-21(18)22)15-25-23(27)24-13-12-17-8-10-20(28-3)11-9-17/h4-11,16,19H,12-15H2,1-3H3,(H2,24,25,27). The zero-order valence-corrected chi connectivity index (χ0v) is 18.1. The van der Waals surface area contributed by atoms with E-state index >= 15 is 0 Å². The van der Waals surface area contributed by atoms with Crippen molar-refractivity contribution < 1.29 is 9.53 Å². The molecule has 1 heterocycles. The number of carbonyl (C=O) groups excluding carboxylic acids is 1. The van der Waals surface area contributed by atoms with Crippen LogP contribution in [0.5, 0.6) is 5.75 Å². The molecule has 2 amide bonds. The molecule has 0 saturated carbocycles. The number of amides is 2. The van der Waals surface area contributed by atoms with Crippen LogP contribution in [0.1, 0.15) is 11.1 Å². The number of methoxy groups -OCH3 is 1. The first-order valence-electron chi connectivity index (χ1n) is 9.83. The van der Waals surface area contributed by atoms with Gasteiger partial charge in [0.05, 0.1) is 7.11 Å². The highest BCUT2D eigenvalue weighted by molar-refractivity contribution is 7.17. The molecule has 0 radical (unpaired) electrons. The number of benzene rings is 2. The molecule has 1 unspecified atom stereocenters. The number of nitrogens with zero attached hydrogens (tertiary/aromatic N) is 1. The van der Waals surface area contributed by atoms with E-state index in [2.05, 4.69) is 59.3 Å². The first kappa shape index (κ1) is 21.1. The third-order valence-corrected chi connectivity index (χ3v) is 6.12. The second kappa shape index (κ2) is 10.3. The Hall–Kier alpha value is -2.57. The summed E-state index contributed by atoms with van der Waals surface area (Å²) in [7, 11) is 5.77. The van der Waals surface area contributed by atoms with Crippen molar-refractivity contribution in [3.63, 3.8) is 0 Å². The summed E-state index contributed by atoms with van der Waals surface area (Å²) in [6, 6.07) is 16.5. The van der Waals surface area contributed by atoms with Gasteiger partial charge in [-0.25, -0.2) is 4.79 Å². The van der Waals surface area contributed by atoms with Crippen molar-refractivity contribution in [2.24, 2.45) is 0 Å². The fourth-order valence-corrected chi connectivity index (χ4v) is 4.24. The van der Waals surface area contributed by atoms with E-state index < -0.39 is 0 Å². The first-order chi connectivity index (χ1) is 14.1. The van der Waals surface area contributed by atoms with E-state index in [9.17, 15) is 4.79 Å². The van der Waals surface area contributed by atoms with Crippen molar-refractivity contribution in [3.8, 4) is 5.75 Å². The molecule has 1 aromatic heterocycles. The zero-order chi connectivity index (χ0) is 20.6. The summed E-state index contributed by atoms with van der Waals surface area (Å²) >= 11 is 1.78. The number of carbonyl (C=O) groups is 1. The van der Waals surface area contributed by atoms with E-state index in [0.717, 1.165) is 18.6 Å². The van der Waals surface area contributed by atoms with E-state index in [-0.39, 0.29) is 12.1 Å². The number of fused-ring (bicyclic) bond motifs is 1. The molecule has 0 saturated heterocycles. The smallest absolute Gasteiger partial charge is 0.314 e. The molecule has 3 rings (SSSR count). The van der Waals surface area contributed by atoms with Crippen molar-refractivity contribution in [1.29, 1.82) is 0 Å². The van der Waals surface area contributed by atoms with Crippen molar-refractivity contribution in [2.75, 3.05) is 34.3 Å². The third-order valence-electron chi connectivity index (χ3n) is 5.10. The Bertz CT molecular complexity index is 921. The molecule has 0 aliphatic carbocycles. The van der Waals surface area contributed by atoms with Gasteiger partial charge < -0.3 is 20.3 Å². The van der Waals surface area contributed by atoms with Crippen LogP contribution < -0.4 is 15.4 Å². The van der Waals surface area contributed by atoms with Crippen molar-refractivity contribution in [3.05, 3.63) is 65.0 Å². The molecule has 154 valence electrons. The topological polar surface area (TPSA) is 53.6 Å². The molecule has 0 aliphatic heterocycles. The molecule has 29 heavy (non-hydrogen) atoms. The molecule has 6 heteroatoms. The Morgan fingerprint density at radius 2 is 1.86 bits per heavy atom. The van der Waals surface area contributed by atoms with Crippen LogP contribution in [-0.4, -0.2) is 51.3 Å². The van der Waals surface area contributed by atoms with Gasteiger partial charge in [0.1, 0.15) is 5.75 Å². The maximum absolute atomic E-state index is 12.2. The van der Waals surface area contributed by atoms with Gasteiger partial charge in [-0.2, -0.15) is 0 Å². The highest BCUT2D eigenvalue weighted by atomic mass is 32.1. The second-order valence-electron chi connectivity index (χ2n) is 7.31. The van der Waals surface area contributed by atoms with Crippen molar-refractivity contribution >= 4 is 27.5 Å². The monoisotopic (exact) mass is 411 g/mol. The number of hydrogen-bond acceptors (Lipinski definition) is 4. The Labute approximate surface area is 176 Å². The Morgan fingerprint density at radius 1 is 1.10 bits per heavy atom. The minimum Gasteiger partial charge on any atom is -0.497 e. The Morgan fingerprint density at radius 3 is 2.59 bits per heavy atom. The fraction of sp³-hybridized carbons (Fsp3) is 0.348. The normalized spacial score (nSPS) is 12.1. The largest absolute Gasteiger partial charge is 0.497 e. The maximum atomic E-state index is 12.2. The van der Waals surface area contributed by atoms with Crippen LogP contribution in [0.3, 0.4) is 0 Å². The number of nitrogens with one attached hydrogen (secondary N) is 2. The zero-order valence-electron chi connectivity index (χ0n) is 17.3. The van der Waals surface area contributed by atoms with E-state index in [1.54, 1.807) is 18.4 Å². The van der Waals surface area contributed by atoms with E-state index in [4.69, 9.17) is 4.74 Å². The second-order valence-corrected chi connectivity index (χ2v) is 8.22. The van der Waals surface area contributed by atoms with Crippen LogP contribution in [0.4, 0.5) is 4.79 Å². The molecule has 0 fully saturated rings. The van der Waals surface area contributed by atoms with Crippen LogP contribution in [0.25, 0.3) is 10.1 Å². The number of thiophene rings is 1. The van der Waals surface area contributed by atoms with E-state index in [0.29, 0.717) is 13.1 Å². The van der Waals surface area contributed by atoms with Crippen molar-refractivity contribution in [1.82, 2.24) is 15.5 Å². The van der Waals surface area contributed by atoms with Crippen LogP contribution in [0.2, 0.25) is 0 Å². The number of urea groups is 1. The van der Waals surface area contributed by atoms with Gasteiger partial charge in [-0.1, -0.05) is 30.3 Å². The van der Waals surface area contributed by atoms with Gasteiger partial charge >= 0.3 is 6.03 Å². The van der Waals surface area contributed by atoms with E-state index in [1.807, 2.05) is 24.3 Å². The average Bonchev–Trinajstić information content (AvgIpc) is 3.14. The quantitative estimate of drug-likeness (QED) is 0.561. The summed E-state index contributed by atoms with van der Waals surface area (Å²) < 4.78 is 6.47. The molecule has 5 nitrogen and oxygen atoms in total. The minimum absolute atomic E-state index is 0.125. The lowest BCUT2D eigenvalue weighted by Crippen LogP contribution is -2.45. The van der Waals surface area contributed by atoms with Gasteiger partial charge in [0, 0.05) is 23.8 Å². The van der Waals surface area contributed by atoms with Crippen LogP contribution in [0.15, 0.2) is 53.9 Å². The molecular formula is C23H29N3O2S. The fourth-order valence-electron chi connectivity index (χ4n) is 3.27. The molecule has 0 spiro atoms. The summed E-state index contributed by atoms with van der Waals surface area (Å²) in [6.45, 7) is 1.20. The minimum atomic E-state index is -0.125. The van der Waals surface area contributed by atoms with Gasteiger partial charge in [0.25, 0.3) is 0 Å². The molecule has 3 aromatic rings. The summed E-state index contributed by atoms with van der Waals surface area (Å²) in [5.74, 6) is 0.840. The van der Waals surface area contributed by atoms with Gasteiger partial charge in [0.15, 0.2) is 0 Å². The molecular weight excluding hydrogens is 382 g/mol. The average molecular weight is 412 g/mol. The highest BCUT2D eigenvalue weighted by Gasteiger charge is 2.16. The lowest BCUT2D eigenvalue weighted by atomic mass is 10.0. The lowest BCUT2D eigenvalue weighted by molar-refractivity contribution is 0.232. The van der Waals surface area contributed by atoms with E-state index in [1.165, 1.54) is 21.2 Å². The third kappa shape index (κ3) is 5.95. The molecule has 0 bridgehead atoms. The maximum Gasteiger partial charge on any atom is 0.314 e. The first-order valence-corrected chi connectivity index (χ1v) is 10.7. The summed E-state index contributed by atoms with van der Waals surface area (Å²) in [6.07, 6.45) is 1.69. The predicted octanol–water partition coefficient (Wildman–Crippen LogP) is 3.92. The molecule has 2 aromatic carbocycles. The van der Waals surface area contributed by atoms with Gasteiger partial charge in [-0.3, -0.25) is 0 Å². The number of likely N-dealkylation sites (N-methyl/N-ethyl adjacent to an activating group) is 1. The number of ether oxygens (including phenoxy) is 1. The summed E-state index contributed by atoms with van der Waals surface area (Å²) in [4.78, 5) is 14.4. The van der Waals surface area contributed by atoms with Gasteiger partial charge in [0.2, 0.25) is 0 Å². The van der Waals surface area contributed by atoms with Crippen LogP contribution in [-0.2, 0) is 12.8 Å². The number of hydrogen-bond donors (Lipinski definition) is 2. The van der Waals surface area contributed by atoms with Crippen LogP contribution in [0, 0.1) is 0 Å². The summed E-state index contributed by atoms with van der Waals surface area (Å²) in [5, 5.41) is 9.51. The lowest BCUT2D eigenvalue weighted by Gasteiger charge is -2.24. The molecule has 2 N–H and O–H groups in total. The van der Waals surface area contributed by atoms with Crippen molar-refractivity contribution in [2.45, 2.75) is 18.9 Å². The summed E-state index contributed by atoms with van der Waals surface area (Å²) in [5.41, 5.74) is 2.51. The Kier molecular flexibility index (Phi) is 7.49. The number of rotatable bonds is 9. The van der Waals surface area contributed by atoms with Crippen LogP contribution >= 0.6 is 11.3 Å². The molecule has 0 aliphatic rings. The molecule has 1 atom stereocenters. The Balaban J connectivity index is 1.46. The van der Waals surface area contributed by atoms with Gasteiger partial charge in [-0.05, 0) is 67.0 Å². The SMILES string of the molecule is COc1ccc(CCNC(=O)NCC(Cc2csc3ccccc23)N(C)C)cc1. The highest BCUT2D eigenvalue weighted by Crippen LogP contribution is 2.27. The van der Waals surface area contributed by atoms with Gasteiger partial charge in [-0.15, -0.1) is 11.3 Å².